The fraction of sp³-hybridized carbons (Fsp3) is 0.667. The molecule has 0 amide bonds. The van der Waals surface area contributed by atoms with Crippen molar-refractivity contribution in [1.82, 2.24) is 0 Å². The van der Waals surface area contributed by atoms with Gasteiger partial charge in [-0.2, -0.15) is 0 Å². The number of alkyl halides is 1. The fourth-order valence-corrected chi connectivity index (χ4v) is 0.428. The lowest BCUT2D eigenvalue weighted by molar-refractivity contribution is -0.119. The van der Waals surface area contributed by atoms with E-state index in [0.717, 1.165) is 0 Å². The maximum atomic E-state index is 11.3. The molecule has 0 rings (SSSR count). The largest absolute Gasteiger partial charge is 0.300 e. The number of hydrogen-bond acceptors (Lipinski definition) is 1. The summed E-state index contributed by atoms with van der Waals surface area (Å²) >= 11 is 0. The number of carbonyl (C=O) groups excluding carboxylic acids is 1. The first kappa shape index (κ1) is 7.60. The van der Waals surface area contributed by atoms with Gasteiger partial charge in [0.15, 0.2) is 0 Å². The molecule has 0 aliphatic carbocycles. The molecule has 0 bridgehead atoms. The SMILES string of the molecule is [CH2]CCC(=O)CCF. The van der Waals surface area contributed by atoms with Crippen molar-refractivity contribution in [2.75, 3.05) is 6.67 Å². The lowest BCUT2D eigenvalue weighted by atomic mass is 10.2. The van der Waals surface area contributed by atoms with E-state index in [-0.39, 0.29) is 12.2 Å². The number of hydrogen-bond donors (Lipinski definition) is 0. The first-order chi connectivity index (χ1) is 3.81. The number of halogens is 1. The van der Waals surface area contributed by atoms with Crippen LogP contribution in [0.5, 0.6) is 0 Å². The van der Waals surface area contributed by atoms with Crippen LogP contribution in [0.1, 0.15) is 19.3 Å². The molecule has 2 heteroatoms. The summed E-state index contributed by atoms with van der Waals surface area (Å²) in [4.78, 5) is 10.4. The van der Waals surface area contributed by atoms with Gasteiger partial charge < -0.3 is 0 Å². The molecule has 1 radical (unpaired) electrons. The quantitative estimate of drug-likeness (QED) is 0.545. The van der Waals surface area contributed by atoms with Crippen LogP contribution in [0.2, 0.25) is 0 Å². The third-order valence-corrected chi connectivity index (χ3v) is 0.829. The van der Waals surface area contributed by atoms with Crippen LogP contribution in [0, 0.1) is 6.92 Å². The number of ketones is 1. The second kappa shape index (κ2) is 4.75. The summed E-state index contributed by atoms with van der Waals surface area (Å²) in [5.41, 5.74) is 0. The van der Waals surface area contributed by atoms with E-state index in [1.807, 2.05) is 0 Å². The zero-order valence-electron chi connectivity index (χ0n) is 4.82. The average molecular weight is 117 g/mol. The topological polar surface area (TPSA) is 17.1 Å². The second-order valence-corrected chi connectivity index (χ2v) is 1.58. The molecule has 0 aromatic rings. The Morgan fingerprint density at radius 2 is 2.12 bits per heavy atom. The highest BCUT2D eigenvalue weighted by Gasteiger charge is 1.96. The Morgan fingerprint density at radius 3 is 2.50 bits per heavy atom. The molecular formula is C6H10FO. The Kier molecular flexibility index (Phi) is 4.51. The van der Waals surface area contributed by atoms with E-state index in [1.54, 1.807) is 0 Å². The van der Waals surface area contributed by atoms with Gasteiger partial charge in [-0.05, 0) is 6.42 Å². The molecule has 0 spiro atoms. The smallest absolute Gasteiger partial charge is 0.135 e. The van der Waals surface area contributed by atoms with Gasteiger partial charge in [-0.25, -0.2) is 0 Å². The third kappa shape index (κ3) is 3.78. The molecule has 0 aliphatic heterocycles. The van der Waals surface area contributed by atoms with E-state index < -0.39 is 6.67 Å². The van der Waals surface area contributed by atoms with Crippen LogP contribution in [-0.4, -0.2) is 12.5 Å². The van der Waals surface area contributed by atoms with Crippen molar-refractivity contribution in [2.45, 2.75) is 19.3 Å². The maximum Gasteiger partial charge on any atom is 0.135 e. The van der Waals surface area contributed by atoms with E-state index in [4.69, 9.17) is 0 Å². The maximum absolute atomic E-state index is 11.3. The molecule has 0 N–H and O–H groups in total. The predicted octanol–water partition coefficient (Wildman–Crippen LogP) is 1.53. The van der Waals surface area contributed by atoms with Crippen molar-refractivity contribution in [3.05, 3.63) is 6.92 Å². The van der Waals surface area contributed by atoms with Crippen LogP contribution < -0.4 is 0 Å². The highest BCUT2D eigenvalue weighted by Crippen LogP contribution is 1.92. The van der Waals surface area contributed by atoms with E-state index in [0.29, 0.717) is 12.8 Å². The fourth-order valence-electron chi connectivity index (χ4n) is 0.428. The molecular weight excluding hydrogens is 107 g/mol. The van der Waals surface area contributed by atoms with Crippen molar-refractivity contribution in [1.29, 1.82) is 0 Å². The normalized spacial score (nSPS) is 9.25. The Bertz CT molecular complexity index is 62.9. The summed E-state index contributed by atoms with van der Waals surface area (Å²) in [6, 6.07) is 0. The summed E-state index contributed by atoms with van der Waals surface area (Å²) < 4.78 is 11.3. The van der Waals surface area contributed by atoms with Gasteiger partial charge in [0.1, 0.15) is 5.78 Å². The van der Waals surface area contributed by atoms with Crippen LogP contribution in [0.15, 0.2) is 0 Å². The Morgan fingerprint density at radius 1 is 1.50 bits per heavy atom. The van der Waals surface area contributed by atoms with Crippen LogP contribution in [0.4, 0.5) is 4.39 Å². The van der Waals surface area contributed by atoms with Gasteiger partial charge in [0, 0.05) is 12.8 Å². The molecule has 0 saturated carbocycles. The minimum absolute atomic E-state index is 0.0255. The van der Waals surface area contributed by atoms with Crippen LogP contribution in [0.25, 0.3) is 0 Å². The molecule has 0 aromatic heterocycles. The number of rotatable bonds is 4. The zero-order chi connectivity index (χ0) is 6.41. The molecule has 8 heavy (non-hydrogen) atoms. The molecule has 0 atom stereocenters. The third-order valence-electron chi connectivity index (χ3n) is 0.829. The standard InChI is InChI=1S/C6H10FO/c1-2-3-6(8)4-5-7/h1-5H2. The molecule has 0 saturated heterocycles. The number of Topliss-reactive ketones (excluding diaryl/α,β-unsaturated/α-hetero) is 1. The Hall–Kier alpha value is -0.400. The highest BCUT2D eigenvalue weighted by molar-refractivity contribution is 5.78. The molecule has 47 valence electrons. The van der Waals surface area contributed by atoms with Gasteiger partial charge in [0.05, 0.1) is 6.67 Å². The molecule has 0 heterocycles. The first-order valence-corrected chi connectivity index (χ1v) is 2.68. The minimum atomic E-state index is -0.529. The number of carbonyl (C=O) groups is 1. The van der Waals surface area contributed by atoms with E-state index >= 15 is 0 Å². The van der Waals surface area contributed by atoms with Crippen LogP contribution in [-0.2, 0) is 4.79 Å². The van der Waals surface area contributed by atoms with Crippen LogP contribution >= 0.6 is 0 Å². The molecule has 0 fully saturated rings. The van der Waals surface area contributed by atoms with Crippen molar-refractivity contribution in [3.63, 3.8) is 0 Å². The average Bonchev–Trinajstić information content (AvgIpc) is 1.68. The summed E-state index contributed by atoms with van der Waals surface area (Å²) in [5, 5.41) is 0. The Labute approximate surface area is 48.9 Å². The van der Waals surface area contributed by atoms with E-state index in [9.17, 15) is 9.18 Å². The molecule has 1 nitrogen and oxygen atoms in total. The summed E-state index contributed by atoms with van der Waals surface area (Å²) in [7, 11) is 0. The lowest BCUT2D eigenvalue weighted by Crippen LogP contribution is -1.96. The van der Waals surface area contributed by atoms with Crippen molar-refractivity contribution >= 4 is 5.78 Å². The second-order valence-electron chi connectivity index (χ2n) is 1.58. The highest BCUT2D eigenvalue weighted by atomic mass is 19.1. The monoisotopic (exact) mass is 117 g/mol. The summed E-state index contributed by atoms with van der Waals surface area (Å²) in [6.07, 6.45) is 1.07. The predicted molar refractivity (Wildman–Crippen MR) is 30.2 cm³/mol. The molecule has 0 aromatic carbocycles. The zero-order valence-corrected chi connectivity index (χ0v) is 4.82. The van der Waals surface area contributed by atoms with Crippen molar-refractivity contribution < 1.29 is 9.18 Å². The van der Waals surface area contributed by atoms with Crippen LogP contribution in [0.3, 0.4) is 0 Å². The molecule has 0 unspecified atom stereocenters. The van der Waals surface area contributed by atoms with Gasteiger partial charge in [-0.15, -0.1) is 0 Å². The molecule has 0 aliphatic rings. The van der Waals surface area contributed by atoms with Crippen molar-refractivity contribution in [2.24, 2.45) is 0 Å². The summed E-state index contributed by atoms with van der Waals surface area (Å²) in [5.74, 6) is -0.0255. The van der Waals surface area contributed by atoms with Gasteiger partial charge >= 0.3 is 0 Å². The van der Waals surface area contributed by atoms with Gasteiger partial charge in [-0.1, -0.05) is 6.92 Å². The van der Waals surface area contributed by atoms with Gasteiger partial charge in [0.2, 0.25) is 0 Å². The lowest BCUT2D eigenvalue weighted by Gasteiger charge is -1.89. The Balaban J connectivity index is 3.06. The minimum Gasteiger partial charge on any atom is -0.300 e. The van der Waals surface area contributed by atoms with Crippen molar-refractivity contribution in [3.8, 4) is 0 Å². The summed E-state index contributed by atoms with van der Waals surface area (Å²) in [6.45, 7) is 2.94. The first-order valence-electron chi connectivity index (χ1n) is 2.68. The van der Waals surface area contributed by atoms with E-state index in [1.165, 1.54) is 0 Å². The van der Waals surface area contributed by atoms with Gasteiger partial charge in [-0.3, -0.25) is 9.18 Å². The van der Waals surface area contributed by atoms with E-state index in [2.05, 4.69) is 6.92 Å². The van der Waals surface area contributed by atoms with Gasteiger partial charge in [0.25, 0.3) is 0 Å².